The topological polar surface area (TPSA) is 84.5 Å². The van der Waals surface area contributed by atoms with Gasteiger partial charge >= 0.3 is 6.18 Å². The minimum Gasteiger partial charge on any atom is -0.495 e. The number of hydrogen-bond donors (Lipinski definition) is 3. The molecule has 0 spiro atoms. The van der Waals surface area contributed by atoms with Gasteiger partial charge in [-0.1, -0.05) is 12.0 Å². The molecular formula is C30H36F3N5O2. The highest BCUT2D eigenvalue weighted by molar-refractivity contribution is 5.94. The third-order valence-corrected chi connectivity index (χ3v) is 7.85. The van der Waals surface area contributed by atoms with Crippen LogP contribution in [0.25, 0.3) is 10.9 Å². The highest BCUT2D eigenvalue weighted by Gasteiger charge is 2.33. The summed E-state index contributed by atoms with van der Waals surface area (Å²) < 4.78 is 47.2. The maximum Gasteiger partial charge on any atom is 0.406 e. The largest absolute Gasteiger partial charge is 0.495 e. The lowest BCUT2D eigenvalue weighted by atomic mass is 9.80. The molecule has 1 fully saturated rings. The molecule has 0 radical (unpaired) electrons. The van der Waals surface area contributed by atoms with Crippen LogP contribution in [-0.4, -0.2) is 60.9 Å². The summed E-state index contributed by atoms with van der Waals surface area (Å²) in [4.78, 5) is 13.7. The summed E-state index contributed by atoms with van der Waals surface area (Å²) in [6, 6.07) is 12.1. The molecule has 0 aliphatic heterocycles. The number of benzene rings is 2. The first-order chi connectivity index (χ1) is 18.9. The summed E-state index contributed by atoms with van der Waals surface area (Å²) in [5.41, 5.74) is 7.95. The number of carbonyl (C=O) groups is 1. The van der Waals surface area contributed by atoms with Gasteiger partial charge in [-0.2, -0.15) is 13.2 Å². The van der Waals surface area contributed by atoms with E-state index in [0.717, 1.165) is 31.4 Å². The van der Waals surface area contributed by atoms with Crippen molar-refractivity contribution in [2.75, 3.05) is 38.4 Å². The lowest BCUT2D eigenvalue weighted by molar-refractivity contribution is -0.140. The van der Waals surface area contributed by atoms with Crippen LogP contribution in [0.4, 0.5) is 24.5 Å². The van der Waals surface area contributed by atoms with E-state index in [4.69, 9.17) is 10.5 Å². The van der Waals surface area contributed by atoms with Crippen LogP contribution in [0.2, 0.25) is 0 Å². The van der Waals surface area contributed by atoms with Crippen molar-refractivity contribution in [1.29, 1.82) is 0 Å². The van der Waals surface area contributed by atoms with Crippen molar-refractivity contribution >= 4 is 28.2 Å². The van der Waals surface area contributed by atoms with Gasteiger partial charge < -0.3 is 30.6 Å². The smallest absolute Gasteiger partial charge is 0.406 e. The minimum atomic E-state index is -4.40. The van der Waals surface area contributed by atoms with Gasteiger partial charge in [-0.25, -0.2) is 0 Å². The van der Waals surface area contributed by atoms with Gasteiger partial charge in [0, 0.05) is 28.2 Å². The number of halogens is 3. The Morgan fingerprint density at radius 1 is 1.18 bits per heavy atom. The molecule has 2 aromatic carbocycles. The standard InChI is InChI=1S/C30H36F3N5O2/c1-29(37(2)3)14-12-21(13-15-29)36-24-8-5-9-26-23(24)18-22(38(26)19-30(31,32)33)7-6-16-35-25-11-10-20(28(34)39)17-27(25)40-4/h5,8-11,17-18,21,35-36H,12-16,19H2,1-4H3,(H2,34,39). The van der Waals surface area contributed by atoms with E-state index in [1.807, 2.05) is 6.07 Å². The Morgan fingerprint density at radius 2 is 1.90 bits per heavy atom. The molecule has 4 rings (SSSR count). The molecule has 0 unspecified atom stereocenters. The first-order valence-electron chi connectivity index (χ1n) is 13.2. The van der Waals surface area contributed by atoms with Crippen molar-refractivity contribution < 1.29 is 22.7 Å². The Morgan fingerprint density at radius 3 is 2.52 bits per heavy atom. The fourth-order valence-electron chi connectivity index (χ4n) is 5.18. The average molecular weight is 556 g/mol. The first kappa shape index (κ1) is 29.2. The SMILES string of the molecule is COc1cc(C(N)=O)ccc1NCC#Cc1cc2c(NC3CCC(C)(N(C)C)CC3)cccc2n1CC(F)(F)F. The zero-order valence-corrected chi connectivity index (χ0v) is 23.3. The van der Waals surface area contributed by atoms with Crippen LogP contribution >= 0.6 is 0 Å². The van der Waals surface area contributed by atoms with E-state index < -0.39 is 18.6 Å². The van der Waals surface area contributed by atoms with Gasteiger partial charge in [0.15, 0.2) is 0 Å². The molecule has 0 bridgehead atoms. The summed E-state index contributed by atoms with van der Waals surface area (Å²) in [6.07, 6.45) is -0.350. The van der Waals surface area contributed by atoms with E-state index in [9.17, 15) is 18.0 Å². The number of amides is 1. The second kappa shape index (κ2) is 11.7. The van der Waals surface area contributed by atoms with E-state index >= 15 is 0 Å². The Kier molecular flexibility index (Phi) is 8.54. The zero-order valence-electron chi connectivity index (χ0n) is 23.3. The predicted molar refractivity (Wildman–Crippen MR) is 153 cm³/mol. The lowest BCUT2D eigenvalue weighted by Crippen LogP contribution is -2.46. The molecule has 0 atom stereocenters. The molecule has 1 saturated carbocycles. The van der Waals surface area contributed by atoms with Crippen LogP contribution in [0.5, 0.6) is 5.75 Å². The molecule has 1 aliphatic rings. The van der Waals surface area contributed by atoms with Crippen LogP contribution in [0.15, 0.2) is 42.5 Å². The van der Waals surface area contributed by atoms with Crippen molar-refractivity contribution in [3.05, 3.63) is 53.7 Å². The number of rotatable bonds is 8. The molecule has 4 N–H and O–H groups in total. The van der Waals surface area contributed by atoms with Crippen LogP contribution < -0.4 is 21.1 Å². The van der Waals surface area contributed by atoms with Gasteiger partial charge in [0.25, 0.3) is 0 Å². The summed E-state index contributed by atoms with van der Waals surface area (Å²) in [7, 11) is 5.67. The van der Waals surface area contributed by atoms with Gasteiger partial charge in [0.1, 0.15) is 12.3 Å². The molecule has 214 valence electrons. The number of ether oxygens (including phenoxy) is 1. The summed E-state index contributed by atoms with van der Waals surface area (Å²) >= 11 is 0. The highest BCUT2D eigenvalue weighted by Crippen LogP contribution is 2.35. The number of carbonyl (C=O) groups excluding carboxylic acids is 1. The Hall–Kier alpha value is -3.84. The maximum atomic E-state index is 13.6. The van der Waals surface area contributed by atoms with E-state index in [1.54, 1.807) is 30.3 Å². The molecule has 1 amide bonds. The molecule has 7 nitrogen and oxygen atoms in total. The predicted octanol–water partition coefficient (Wildman–Crippen LogP) is 5.45. The molecule has 10 heteroatoms. The number of fused-ring (bicyclic) bond motifs is 1. The van der Waals surface area contributed by atoms with Crippen LogP contribution in [0.3, 0.4) is 0 Å². The Labute approximate surface area is 232 Å². The van der Waals surface area contributed by atoms with Gasteiger partial charge in [-0.15, -0.1) is 0 Å². The normalized spacial score (nSPS) is 19.2. The number of nitrogens with two attached hydrogens (primary N) is 1. The summed E-state index contributed by atoms with van der Waals surface area (Å²) in [5, 5.41) is 7.40. The van der Waals surface area contributed by atoms with Crippen molar-refractivity contribution in [2.45, 2.75) is 56.9 Å². The monoisotopic (exact) mass is 555 g/mol. The Balaban J connectivity index is 1.57. The minimum absolute atomic E-state index is 0.150. The fraction of sp³-hybridized carbons (Fsp3) is 0.433. The molecule has 1 aromatic heterocycles. The molecule has 1 heterocycles. The first-order valence-corrected chi connectivity index (χ1v) is 13.2. The number of nitrogens with one attached hydrogen (secondary N) is 2. The maximum absolute atomic E-state index is 13.6. The number of aromatic nitrogens is 1. The number of nitrogens with zero attached hydrogens (tertiary/aromatic N) is 2. The van der Waals surface area contributed by atoms with Crippen LogP contribution in [-0.2, 0) is 6.54 Å². The third-order valence-electron chi connectivity index (χ3n) is 7.85. The molecule has 1 aliphatic carbocycles. The molecule has 0 saturated heterocycles. The van der Waals surface area contributed by atoms with Gasteiger partial charge in [-0.3, -0.25) is 4.79 Å². The van der Waals surface area contributed by atoms with Crippen molar-refractivity contribution in [2.24, 2.45) is 5.73 Å². The van der Waals surface area contributed by atoms with Crippen molar-refractivity contribution in [3.8, 4) is 17.6 Å². The summed E-state index contributed by atoms with van der Waals surface area (Å²) in [5.74, 6) is 5.68. The number of hydrogen-bond acceptors (Lipinski definition) is 5. The molecule has 40 heavy (non-hydrogen) atoms. The molecule has 3 aromatic rings. The zero-order chi connectivity index (χ0) is 29.1. The van der Waals surface area contributed by atoms with Crippen LogP contribution in [0.1, 0.15) is 48.7 Å². The number of methoxy groups -OCH3 is 1. The second-order valence-electron chi connectivity index (χ2n) is 10.7. The number of alkyl halides is 3. The third kappa shape index (κ3) is 6.65. The fourth-order valence-corrected chi connectivity index (χ4v) is 5.18. The van der Waals surface area contributed by atoms with E-state index in [1.165, 1.54) is 17.7 Å². The number of anilines is 2. The quantitative estimate of drug-likeness (QED) is 0.322. The van der Waals surface area contributed by atoms with Crippen molar-refractivity contribution in [3.63, 3.8) is 0 Å². The number of primary amides is 1. The average Bonchev–Trinajstić information content (AvgIpc) is 3.24. The highest BCUT2D eigenvalue weighted by atomic mass is 19.4. The Bertz CT molecular complexity index is 1430. The van der Waals surface area contributed by atoms with Gasteiger partial charge in [0.05, 0.1) is 30.6 Å². The van der Waals surface area contributed by atoms with Crippen molar-refractivity contribution in [1.82, 2.24) is 9.47 Å². The van der Waals surface area contributed by atoms with E-state index in [-0.39, 0.29) is 23.8 Å². The second-order valence-corrected chi connectivity index (χ2v) is 10.7. The lowest BCUT2D eigenvalue weighted by Gasteiger charge is -2.42. The van der Waals surface area contributed by atoms with Gasteiger partial charge in [-0.05, 0) is 89.0 Å². The van der Waals surface area contributed by atoms with E-state index in [0.29, 0.717) is 27.9 Å². The molecular weight excluding hydrogens is 519 g/mol. The van der Waals surface area contributed by atoms with Crippen LogP contribution in [0, 0.1) is 11.8 Å². The summed E-state index contributed by atoms with van der Waals surface area (Å²) in [6.45, 7) is 1.29. The van der Waals surface area contributed by atoms with E-state index in [2.05, 4.69) is 48.4 Å². The van der Waals surface area contributed by atoms with Gasteiger partial charge in [0.2, 0.25) is 5.91 Å².